The molecule has 3 heterocycles. The molecule has 0 aliphatic carbocycles. The largest absolute Gasteiger partial charge is 0.478 e. The van der Waals surface area contributed by atoms with Crippen LogP contribution in [0.3, 0.4) is 0 Å². The molecule has 420 valence electrons. The lowest BCUT2D eigenvalue weighted by Gasteiger charge is -2.18. The molecule has 0 amide bonds. The average Bonchev–Trinajstić information content (AvgIpc) is 4.47. The maximum atomic E-state index is 13.1. The summed E-state index contributed by atoms with van der Waals surface area (Å²) in [6.45, 7) is 7.37. The molecule has 0 radical (unpaired) electrons. The first-order chi connectivity index (χ1) is 38.3. The smallest absolute Gasteiger partial charge is 0.342 e. The van der Waals surface area contributed by atoms with Crippen molar-refractivity contribution in [1.29, 1.82) is 0 Å². The average molecular weight is 1160 g/mol. The summed E-state index contributed by atoms with van der Waals surface area (Å²) in [5.41, 5.74) is 2.70. The predicted octanol–water partition coefficient (Wildman–Crippen LogP) is 12.1. The highest BCUT2D eigenvalue weighted by atomic mass is 32.2. The molecule has 0 aromatic heterocycles. The number of benzene rings is 6. The van der Waals surface area contributed by atoms with Gasteiger partial charge in [0.2, 0.25) is 20.4 Å². The lowest BCUT2D eigenvalue weighted by Crippen LogP contribution is -2.23. The maximum absolute atomic E-state index is 13.1. The molecule has 0 atom stereocenters. The third-order valence-electron chi connectivity index (χ3n) is 11.4. The van der Waals surface area contributed by atoms with E-state index in [0.29, 0.717) is 97.7 Å². The van der Waals surface area contributed by atoms with Gasteiger partial charge in [-0.1, -0.05) is 74.2 Å². The molecular weight excluding hydrogens is 1100 g/mol. The van der Waals surface area contributed by atoms with Crippen molar-refractivity contribution in [2.75, 3.05) is 75.8 Å². The molecule has 79 heavy (non-hydrogen) atoms. The number of thioether (sulfide) groups is 3. The fourth-order valence-electron chi connectivity index (χ4n) is 7.70. The lowest BCUT2D eigenvalue weighted by atomic mass is 10.1. The van der Waals surface area contributed by atoms with E-state index in [2.05, 4.69) is 19.6 Å². The molecule has 0 unspecified atom stereocenters. The van der Waals surface area contributed by atoms with E-state index in [0.717, 1.165) is 20.7 Å². The number of carboxylic acids is 1. The molecule has 9 rings (SSSR count). The summed E-state index contributed by atoms with van der Waals surface area (Å²) in [5.74, 6) is 3.54. The quantitative estimate of drug-likeness (QED) is 0.0259. The number of carboxylic acid groups (broad SMARTS) is 1. The zero-order valence-corrected chi connectivity index (χ0v) is 48.2. The number of hydrogen-bond donors (Lipinski definition) is 1. The second kappa shape index (κ2) is 29.9. The lowest BCUT2D eigenvalue weighted by molar-refractivity contribution is 0.0432. The summed E-state index contributed by atoms with van der Waals surface area (Å²) in [6, 6.07) is 35.3. The molecular formula is C57H62O18S3Si. The first kappa shape index (κ1) is 59.7. The summed E-state index contributed by atoms with van der Waals surface area (Å²) < 4.78 is 75.4. The molecule has 3 aliphatic heterocycles. The highest BCUT2D eigenvalue weighted by molar-refractivity contribution is 7.99. The van der Waals surface area contributed by atoms with Gasteiger partial charge < -0.3 is 71.4 Å². The highest BCUT2D eigenvalue weighted by Gasteiger charge is 2.33. The minimum Gasteiger partial charge on any atom is -0.478 e. The van der Waals surface area contributed by atoms with Crippen LogP contribution in [0.15, 0.2) is 124 Å². The number of ether oxygens (including phenoxy) is 14. The Kier molecular flexibility index (Phi) is 22.6. The van der Waals surface area contributed by atoms with Crippen LogP contribution in [0.1, 0.15) is 47.8 Å². The Balaban J connectivity index is 0.000000173. The highest BCUT2D eigenvalue weighted by Crippen LogP contribution is 2.48. The summed E-state index contributed by atoms with van der Waals surface area (Å²) >= 11 is 4.71. The van der Waals surface area contributed by atoms with Crippen molar-refractivity contribution >= 4 is 61.3 Å². The predicted molar refractivity (Wildman–Crippen MR) is 300 cm³/mol. The Morgan fingerprint density at radius 3 is 1.16 bits per heavy atom. The van der Waals surface area contributed by atoms with E-state index in [-0.39, 0.29) is 52.1 Å². The molecule has 3 aliphatic rings. The van der Waals surface area contributed by atoms with Crippen LogP contribution in [0.2, 0.25) is 25.7 Å². The van der Waals surface area contributed by atoms with Gasteiger partial charge >= 0.3 is 17.9 Å². The molecule has 0 bridgehead atoms. The Bertz CT molecular complexity index is 2980. The molecule has 22 heteroatoms. The van der Waals surface area contributed by atoms with Crippen LogP contribution in [0.5, 0.6) is 51.7 Å². The van der Waals surface area contributed by atoms with E-state index in [1.807, 2.05) is 91.0 Å². The topological polar surface area (TPSA) is 201 Å². The van der Waals surface area contributed by atoms with Gasteiger partial charge in [-0.3, -0.25) is 0 Å². The summed E-state index contributed by atoms with van der Waals surface area (Å²) in [5, 5.41) is 9.65. The van der Waals surface area contributed by atoms with Crippen LogP contribution in [0.4, 0.5) is 0 Å². The van der Waals surface area contributed by atoms with Gasteiger partial charge in [0.15, 0.2) is 54.9 Å². The summed E-state index contributed by atoms with van der Waals surface area (Å²) in [7, 11) is 4.52. The van der Waals surface area contributed by atoms with Crippen molar-refractivity contribution in [2.45, 2.75) is 57.6 Å². The fraction of sp³-hybridized carbons (Fsp3) is 0.316. The number of carbonyl (C=O) groups is 3. The minimum atomic E-state index is -1.33. The Hall–Kier alpha value is -6.92. The molecule has 18 nitrogen and oxygen atoms in total. The number of carbonyl (C=O) groups excluding carboxylic acids is 2. The second-order valence-corrected chi connectivity index (χ2v) is 26.9. The Morgan fingerprint density at radius 1 is 0.494 bits per heavy atom. The minimum absolute atomic E-state index is 0.00884. The maximum Gasteiger partial charge on any atom is 0.342 e. The van der Waals surface area contributed by atoms with E-state index in [9.17, 15) is 19.5 Å². The van der Waals surface area contributed by atoms with Crippen LogP contribution in [0.25, 0.3) is 0 Å². The van der Waals surface area contributed by atoms with Crippen molar-refractivity contribution in [2.24, 2.45) is 0 Å². The first-order valence-electron chi connectivity index (χ1n) is 24.6. The van der Waals surface area contributed by atoms with Crippen LogP contribution in [0, 0.1) is 0 Å². The van der Waals surface area contributed by atoms with E-state index < -0.39 is 26.0 Å². The zero-order chi connectivity index (χ0) is 56.2. The van der Waals surface area contributed by atoms with Crippen molar-refractivity contribution in [1.82, 2.24) is 0 Å². The number of rotatable bonds is 24. The molecule has 0 fully saturated rings. The van der Waals surface area contributed by atoms with E-state index >= 15 is 0 Å². The Labute approximate surface area is 472 Å². The van der Waals surface area contributed by atoms with Crippen LogP contribution >= 0.6 is 35.3 Å². The summed E-state index contributed by atoms with van der Waals surface area (Å²) in [4.78, 5) is 40.5. The Morgan fingerprint density at radius 2 is 0.835 bits per heavy atom. The second-order valence-electron chi connectivity index (χ2n) is 18.1. The van der Waals surface area contributed by atoms with Gasteiger partial charge in [-0.2, -0.15) is 0 Å². The van der Waals surface area contributed by atoms with E-state index in [1.165, 1.54) is 46.3 Å². The van der Waals surface area contributed by atoms with Crippen molar-refractivity contribution in [3.8, 4) is 51.7 Å². The fourth-order valence-corrected chi connectivity index (χ4v) is 11.2. The van der Waals surface area contributed by atoms with Gasteiger partial charge in [-0.15, -0.1) is 35.3 Å². The monoisotopic (exact) mass is 1160 g/mol. The molecule has 0 saturated carbocycles. The number of hydrogen-bond acceptors (Lipinski definition) is 20. The van der Waals surface area contributed by atoms with E-state index in [1.54, 1.807) is 35.7 Å². The molecule has 0 spiro atoms. The SMILES string of the molecule is COCOc1cc2c(c(CSc3ccccc3)c1C(=O)O)OCO2.COCOc1cc2c(c(CSc3ccccc3)c1C(=O)OC)OCO2.COCOc1cc2c(c(CSc3ccccc3)c1C(=O)OCC[Si](C)(C)C)OCO2. The van der Waals surface area contributed by atoms with Crippen LogP contribution in [-0.4, -0.2) is 107 Å². The van der Waals surface area contributed by atoms with Gasteiger partial charge in [-0.05, 0) is 42.4 Å². The van der Waals surface area contributed by atoms with Gasteiger partial charge in [0.05, 0.1) is 13.7 Å². The zero-order valence-electron chi connectivity index (χ0n) is 44.8. The molecule has 6 aromatic carbocycles. The van der Waals surface area contributed by atoms with Crippen LogP contribution < -0.4 is 42.6 Å². The van der Waals surface area contributed by atoms with Crippen molar-refractivity contribution in [3.63, 3.8) is 0 Å². The number of aromatic carboxylic acids is 1. The third-order valence-corrected chi connectivity index (χ3v) is 16.3. The van der Waals surface area contributed by atoms with Gasteiger partial charge in [0.1, 0.15) is 33.9 Å². The van der Waals surface area contributed by atoms with E-state index in [4.69, 9.17) is 66.3 Å². The third kappa shape index (κ3) is 16.6. The molecule has 0 saturated heterocycles. The van der Waals surface area contributed by atoms with Crippen molar-refractivity contribution in [3.05, 3.63) is 143 Å². The molecule has 1 N–H and O–H groups in total. The number of fused-ring (bicyclic) bond motifs is 3. The number of methoxy groups -OCH3 is 4. The van der Waals surface area contributed by atoms with Gasteiger partial charge in [-0.25, -0.2) is 14.4 Å². The number of esters is 2. The van der Waals surface area contributed by atoms with Crippen LogP contribution in [-0.2, 0) is 40.9 Å². The van der Waals surface area contributed by atoms with Crippen molar-refractivity contribution < 1.29 is 85.8 Å². The summed E-state index contributed by atoms with van der Waals surface area (Å²) in [6.07, 6.45) is 0. The standard InChI is InChI=1S/C22H28O6SSi.C18H18O6S.C17H16O6S/c1-24-14-26-18-12-19-21(28-15-27-19)17(13-29-16-8-6-5-7-9-16)20(18)22(23)25-10-11-30(2,3)4;1-20-10-22-14-8-15-17(24-11-23-15)13(16(14)18(19)21-2)9-25-12-6-4-3-5-7-12;1-20-9-21-13-7-14-16(23-10-22-14)12(15(13)17(18)19)8-24-11-5-3-2-4-6-11/h5-9,12H,10-11,13-15H2,1-4H3;3-8H,9-11H2,1-2H3;2-7H,8-10H2,1H3,(H,18,19). The first-order valence-corrected chi connectivity index (χ1v) is 31.2. The van der Waals surface area contributed by atoms with Gasteiger partial charge in [0.25, 0.3) is 0 Å². The normalized spacial score (nSPS) is 12.3. The van der Waals surface area contributed by atoms with Gasteiger partial charge in [0, 0.05) is 96.2 Å². The molecule has 6 aromatic rings.